The van der Waals surface area contributed by atoms with Gasteiger partial charge in [0.25, 0.3) is 5.89 Å². The van der Waals surface area contributed by atoms with Crippen LogP contribution in [-0.2, 0) is 6.54 Å². The lowest BCUT2D eigenvalue weighted by atomic mass is 10.3. The molecule has 6 nitrogen and oxygen atoms in total. The van der Waals surface area contributed by atoms with E-state index in [1.165, 1.54) is 0 Å². The summed E-state index contributed by atoms with van der Waals surface area (Å²) in [6.07, 6.45) is 0. The molecule has 7 heteroatoms. The van der Waals surface area contributed by atoms with Gasteiger partial charge in [-0.1, -0.05) is 5.16 Å². The van der Waals surface area contributed by atoms with E-state index in [0.717, 1.165) is 23.9 Å². The molecule has 1 aliphatic heterocycles. The molecular formula is C12H16N4O2S. The molecule has 1 fully saturated rings. The van der Waals surface area contributed by atoms with E-state index in [1.807, 2.05) is 17.8 Å². The second-order valence-corrected chi connectivity index (χ2v) is 5.65. The number of rotatable bonds is 3. The minimum absolute atomic E-state index is 0.209. The third kappa shape index (κ3) is 2.54. The van der Waals surface area contributed by atoms with Crippen LogP contribution in [0.1, 0.15) is 17.6 Å². The van der Waals surface area contributed by atoms with E-state index >= 15 is 0 Å². The van der Waals surface area contributed by atoms with Crippen LogP contribution in [0.5, 0.6) is 0 Å². The van der Waals surface area contributed by atoms with Gasteiger partial charge in [0.2, 0.25) is 0 Å². The predicted molar refractivity (Wildman–Crippen MR) is 72.6 cm³/mol. The lowest BCUT2D eigenvalue weighted by molar-refractivity contribution is 0.257. The van der Waals surface area contributed by atoms with Crippen molar-refractivity contribution < 1.29 is 8.94 Å². The molecule has 2 N–H and O–H groups in total. The Hall–Kier alpha value is -1.31. The van der Waals surface area contributed by atoms with Gasteiger partial charge in [-0.15, -0.1) is 0 Å². The zero-order valence-corrected chi connectivity index (χ0v) is 11.5. The molecule has 2 aromatic heterocycles. The van der Waals surface area contributed by atoms with Gasteiger partial charge in [-0.2, -0.15) is 16.7 Å². The highest BCUT2D eigenvalue weighted by Gasteiger charge is 2.26. The summed E-state index contributed by atoms with van der Waals surface area (Å²) in [5.74, 6) is 4.55. The van der Waals surface area contributed by atoms with E-state index in [9.17, 15) is 0 Å². The molecule has 0 aliphatic carbocycles. The van der Waals surface area contributed by atoms with Gasteiger partial charge in [0, 0.05) is 18.1 Å². The fourth-order valence-corrected chi connectivity index (χ4v) is 3.24. The van der Waals surface area contributed by atoms with E-state index < -0.39 is 0 Å². The van der Waals surface area contributed by atoms with Crippen molar-refractivity contribution in [2.75, 3.05) is 25.1 Å². The van der Waals surface area contributed by atoms with Crippen LogP contribution in [0.15, 0.2) is 21.1 Å². The van der Waals surface area contributed by atoms with Crippen molar-refractivity contribution in [2.24, 2.45) is 5.73 Å². The molecule has 0 bridgehead atoms. The average molecular weight is 280 g/mol. The van der Waals surface area contributed by atoms with Gasteiger partial charge in [-0.05, 0) is 19.2 Å². The number of hydrogen-bond donors (Lipinski definition) is 1. The van der Waals surface area contributed by atoms with Crippen LogP contribution in [0, 0.1) is 0 Å². The third-order valence-electron chi connectivity index (χ3n) is 3.21. The number of furan rings is 1. The van der Waals surface area contributed by atoms with Crippen LogP contribution in [-0.4, -0.2) is 40.1 Å². The Morgan fingerprint density at radius 1 is 1.53 bits per heavy atom. The molecular weight excluding hydrogens is 264 g/mol. The maximum absolute atomic E-state index is 5.51. The molecule has 0 radical (unpaired) electrons. The van der Waals surface area contributed by atoms with Gasteiger partial charge >= 0.3 is 0 Å². The average Bonchev–Trinajstić information content (AvgIpc) is 3.08. The van der Waals surface area contributed by atoms with Gasteiger partial charge in [0.05, 0.1) is 12.6 Å². The summed E-state index contributed by atoms with van der Waals surface area (Å²) in [6.45, 7) is 1.40. The summed E-state index contributed by atoms with van der Waals surface area (Å²) < 4.78 is 10.8. The minimum Gasteiger partial charge on any atom is -0.455 e. The van der Waals surface area contributed by atoms with Crippen LogP contribution >= 0.6 is 11.8 Å². The molecule has 2 aromatic rings. The lowest BCUT2D eigenvalue weighted by Crippen LogP contribution is -2.33. The zero-order chi connectivity index (χ0) is 13.2. The van der Waals surface area contributed by atoms with Crippen molar-refractivity contribution >= 4 is 11.8 Å². The first-order valence-electron chi connectivity index (χ1n) is 6.18. The Bertz CT molecular complexity index is 553. The lowest BCUT2D eigenvalue weighted by Gasteiger charge is -2.29. The fourth-order valence-electron chi connectivity index (χ4n) is 2.03. The van der Waals surface area contributed by atoms with Crippen LogP contribution in [0.4, 0.5) is 0 Å². The summed E-state index contributed by atoms with van der Waals surface area (Å²) in [4.78, 5) is 6.68. The molecule has 1 aliphatic rings. The van der Waals surface area contributed by atoms with Gasteiger partial charge in [0.15, 0.2) is 11.6 Å². The first-order valence-corrected chi connectivity index (χ1v) is 7.34. The highest BCUT2D eigenvalue weighted by atomic mass is 32.2. The van der Waals surface area contributed by atoms with Crippen molar-refractivity contribution in [2.45, 2.75) is 12.6 Å². The molecule has 0 aromatic carbocycles. The Labute approximate surface area is 115 Å². The Kier molecular flexibility index (Phi) is 3.58. The van der Waals surface area contributed by atoms with E-state index in [0.29, 0.717) is 24.0 Å². The van der Waals surface area contributed by atoms with Crippen molar-refractivity contribution in [3.05, 3.63) is 23.7 Å². The maximum Gasteiger partial charge on any atom is 0.293 e. The summed E-state index contributed by atoms with van der Waals surface area (Å²) >= 11 is 1.91. The van der Waals surface area contributed by atoms with Crippen molar-refractivity contribution in [1.82, 2.24) is 15.0 Å². The minimum atomic E-state index is 0.209. The zero-order valence-electron chi connectivity index (χ0n) is 10.7. The number of nitrogens with zero attached hydrogens (tertiary/aromatic N) is 3. The second-order valence-electron chi connectivity index (χ2n) is 4.50. The standard InChI is InChI=1S/C12H16N4O2S/c1-16-4-5-19-7-9(16)11-14-12(18-15-11)10-3-2-8(6-13)17-10/h2-3,9H,4-7,13H2,1H3. The molecule has 0 spiro atoms. The highest BCUT2D eigenvalue weighted by Crippen LogP contribution is 2.28. The Balaban J connectivity index is 1.82. The summed E-state index contributed by atoms with van der Waals surface area (Å²) in [7, 11) is 2.08. The van der Waals surface area contributed by atoms with Crippen molar-refractivity contribution in [3.8, 4) is 11.7 Å². The monoisotopic (exact) mass is 280 g/mol. The quantitative estimate of drug-likeness (QED) is 0.912. The van der Waals surface area contributed by atoms with Crippen molar-refractivity contribution in [3.63, 3.8) is 0 Å². The number of hydrogen-bond acceptors (Lipinski definition) is 7. The van der Waals surface area contributed by atoms with Crippen molar-refractivity contribution in [1.29, 1.82) is 0 Å². The third-order valence-corrected chi connectivity index (χ3v) is 4.23. The largest absolute Gasteiger partial charge is 0.455 e. The molecule has 3 heterocycles. The molecule has 1 saturated heterocycles. The molecule has 1 atom stereocenters. The molecule has 3 rings (SSSR count). The first kappa shape index (κ1) is 12.7. The first-order chi connectivity index (χ1) is 9.28. The molecule has 0 saturated carbocycles. The predicted octanol–water partition coefficient (Wildman–Crippen LogP) is 1.51. The second kappa shape index (κ2) is 5.36. The van der Waals surface area contributed by atoms with E-state index in [2.05, 4.69) is 22.1 Å². The summed E-state index contributed by atoms with van der Waals surface area (Å²) in [5.41, 5.74) is 5.51. The normalized spacial score (nSPS) is 20.8. The Morgan fingerprint density at radius 3 is 3.16 bits per heavy atom. The highest BCUT2D eigenvalue weighted by molar-refractivity contribution is 7.99. The van der Waals surface area contributed by atoms with Crippen LogP contribution in [0.3, 0.4) is 0 Å². The number of thioether (sulfide) groups is 1. The van der Waals surface area contributed by atoms with Gasteiger partial charge in [-0.3, -0.25) is 4.90 Å². The number of aromatic nitrogens is 2. The molecule has 19 heavy (non-hydrogen) atoms. The number of nitrogens with two attached hydrogens (primary N) is 1. The molecule has 102 valence electrons. The smallest absolute Gasteiger partial charge is 0.293 e. The maximum atomic E-state index is 5.51. The van der Waals surface area contributed by atoms with Crippen LogP contribution in [0.2, 0.25) is 0 Å². The van der Waals surface area contributed by atoms with E-state index in [-0.39, 0.29) is 6.04 Å². The Morgan fingerprint density at radius 2 is 2.42 bits per heavy atom. The van der Waals surface area contributed by atoms with Crippen LogP contribution < -0.4 is 5.73 Å². The van der Waals surface area contributed by atoms with E-state index in [4.69, 9.17) is 14.7 Å². The van der Waals surface area contributed by atoms with Gasteiger partial charge in [-0.25, -0.2) is 0 Å². The summed E-state index contributed by atoms with van der Waals surface area (Å²) in [6, 6.07) is 3.83. The summed E-state index contributed by atoms with van der Waals surface area (Å²) in [5, 5.41) is 4.07. The van der Waals surface area contributed by atoms with Crippen LogP contribution in [0.25, 0.3) is 11.7 Å². The van der Waals surface area contributed by atoms with Gasteiger partial charge in [0.1, 0.15) is 5.76 Å². The molecule has 1 unspecified atom stereocenters. The molecule has 0 amide bonds. The topological polar surface area (TPSA) is 81.3 Å². The van der Waals surface area contributed by atoms with Gasteiger partial charge < -0.3 is 14.7 Å². The SMILES string of the molecule is CN1CCSCC1c1noc(-c2ccc(CN)o2)n1. The van der Waals surface area contributed by atoms with E-state index in [1.54, 1.807) is 6.07 Å². The fraction of sp³-hybridized carbons (Fsp3) is 0.500.